The number of anilines is 1. The predicted octanol–water partition coefficient (Wildman–Crippen LogP) is 8.08. The first kappa shape index (κ1) is 26.2. The van der Waals surface area contributed by atoms with E-state index in [0.29, 0.717) is 17.6 Å². The molecule has 0 saturated heterocycles. The van der Waals surface area contributed by atoms with E-state index in [0.717, 1.165) is 22.5 Å². The summed E-state index contributed by atoms with van der Waals surface area (Å²) < 4.78 is 0. The highest BCUT2D eigenvalue weighted by molar-refractivity contribution is 5.76. The third-order valence-electron chi connectivity index (χ3n) is 7.53. The molecule has 0 aliphatic carbocycles. The number of fused-ring (bicyclic) bond motifs is 4. The van der Waals surface area contributed by atoms with E-state index in [1.807, 2.05) is 67.6 Å². The van der Waals surface area contributed by atoms with E-state index in [4.69, 9.17) is 15.0 Å². The van der Waals surface area contributed by atoms with Crippen LogP contribution in [0.25, 0.3) is 28.5 Å². The lowest BCUT2D eigenvalue weighted by molar-refractivity contribution is 0.819. The Balaban J connectivity index is 1.43. The molecule has 3 aromatic carbocycles. The Morgan fingerprint density at radius 3 is 2.15 bits per heavy atom. The maximum Gasteiger partial charge on any atom is 0.227 e. The first-order valence-corrected chi connectivity index (χ1v) is 14.1. The number of benzene rings is 3. The van der Waals surface area contributed by atoms with Crippen LogP contribution in [0, 0.1) is 0 Å². The molecule has 5 nitrogen and oxygen atoms in total. The minimum Gasteiger partial charge on any atom is -0.355 e. The Hall–Kier alpha value is -5.03. The van der Waals surface area contributed by atoms with Crippen molar-refractivity contribution >= 4 is 11.6 Å². The lowest BCUT2D eigenvalue weighted by Gasteiger charge is -2.26. The highest BCUT2D eigenvalue weighted by Crippen LogP contribution is 2.41. The van der Waals surface area contributed by atoms with Crippen LogP contribution in [0.2, 0.25) is 0 Å². The van der Waals surface area contributed by atoms with Crippen molar-refractivity contribution in [1.29, 1.82) is 0 Å². The molecule has 0 fully saturated rings. The monoisotopic (exact) mass is 535 g/mol. The van der Waals surface area contributed by atoms with Crippen LogP contribution in [-0.4, -0.2) is 21.0 Å². The van der Waals surface area contributed by atoms with Gasteiger partial charge >= 0.3 is 0 Å². The van der Waals surface area contributed by atoms with Gasteiger partial charge in [0.05, 0.1) is 6.04 Å². The zero-order valence-corrected chi connectivity index (χ0v) is 23.5. The molecule has 0 saturated carbocycles. The maximum atomic E-state index is 4.88. The second-order valence-electron chi connectivity index (χ2n) is 10.3. The fourth-order valence-electron chi connectivity index (χ4n) is 5.51. The van der Waals surface area contributed by atoms with Crippen molar-refractivity contribution in [2.24, 2.45) is 0 Å². The van der Waals surface area contributed by atoms with Gasteiger partial charge in [0, 0.05) is 34.0 Å². The molecule has 5 heteroatoms. The van der Waals surface area contributed by atoms with Crippen molar-refractivity contribution in [3.05, 3.63) is 149 Å². The Kier molecular flexibility index (Phi) is 7.42. The van der Waals surface area contributed by atoms with Gasteiger partial charge < -0.3 is 10.6 Å². The van der Waals surface area contributed by atoms with E-state index in [1.54, 1.807) is 0 Å². The number of allylic oxidation sites excluding steroid dienone is 6. The first-order valence-electron chi connectivity index (χ1n) is 14.1. The Bertz CT molecular complexity index is 1650. The SMILES string of the molecule is C/C=C\C=C(\C1=C2C=CC=C(N2)c2ccccc2C1C)C(C)Nc1nc(-c2ccccc2)nc(-c2ccccc2)n1. The molecule has 6 rings (SSSR count). The van der Waals surface area contributed by atoms with Crippen LogP contribution in [-0.2, 0) is 0 Å². The number of nitrogens with one attached hydrogen (secondary N) is 2. The maximum absolute atomic E-state index is 4.88. The normalized spacial score (nSPS) is 17.0. The average Bonchev–Trinajstić information content (AvgIpc) is 3.10. The van der Waals surface area contributed by atoms with Crippen LogP contribution < -0.4 is 10.6 Å². The second-order valence-corrected chi connectivity index (χ2v) is 10.3. The second kappa shape index (κ2) is 11.6. The largest absolute Gasteiger partial charge is 0.355 e. The molecule has 0 radical (unpaired) electrons. The lowest BCUT2D eigenvalue weighted by Crippen LogP contribution is -2.25. The predicted molar refractivity (Wildman–Crippen MR) is 169 cm³/mol. The minimum atomic E-state index is -0.0967. The minimum absolute atomic E-state index is 0.0967. The smallest absolute Gasteiger partial charge is 0.227 e. The number of rotatable bonds is 7. The highest BCUT2D eigenvalue weighted by Gasteiger charge is 2.29. The van der Waals surface area contributed by atoms with Crippen LogP contribution in [0.3, 0.4) is 0 Å². The number of nitrogens with zero attached hydrogens (tertiary/aromatic N) is 3. The lowest BCUT2D eigenvalue weighted by atomic mass is 9.82. The van der Waals surface area contributed by atoms with E-state index in [-0.39, 0.29) is 12.0 Å². The number of hydrogen-bond acceptors (Lipinski definition) is 5. The topological polar surface area (TPSA) is 62.7 Å². The van der Waals surface area contributed by atoms with Crippen molar-refractivity contribution in [3.63, 3.8) is 0 Å². The molecule has 2 aliphatic heterocycles. The van der Waals surface area contributed by atoms with Gasteiger partial charge in [-0.25, -0.2) is 4.98 Å². The molecule has 0 amide bonds. The van der Waals surface area contributed by atoms with E-state index in [9.17, 15) is 0 Å². The molecule has 4 aromatic rings. The summed E-state index contributed by atoms with van der Waals surface area (Å²) in [6, 6.07) is 28.7. The van der Waals surface area contributed by atoms with Crippen molar-refractivity contribution in [2.75, 3.05) is 5.32 Å². The van der Waals surface area contributed by atoms with Crippen LogP contribution in [0.5, 0.6) is 0 Å². The van der Waals surface area contributed by atoms with Crippen LogP contribution in [0.1, 0.15) is 37.8 Å². The van der Waals surface area contributed by atoms with Gasteiger partial charge in [0.25, 0.3) is 0 Å². The molecule has 3 heterocycles. The molecule has 202 valence electrons. The van der Waals surface area contributed by atoms with E-state index >= 15 is 0 Å². The Morgan fingerprint density at radius 2 is 1.49 bits per heavy atom. The Labute approximate surface area is 241 Å². The molecule has 2 unspecified atom stereocenters. The summed E-state index contributed by atoms with van der Waals surface area (Å²) in [5, 5.41) is 7.35. The van der Waals surface area contributed by atoms with Crippen molar-refractivity contribution in [2.45, 2.75) is 32.7 Å². The Morgan fingerprint density at radius 1 is 0.854 bits per heavy atom. The van der Waals surface area contributed by atoms with Gasteiger partial charge in [0.1, 0.15) is 0 Å². The van der Waals surface area contributed by atoms with Crippen LogP contribution >= 0.6 is 0 Å². The third-order valence-corrected chi connectivity index (χ3v) is 7.53. The zero-order valence-electron chi connectivity index (χ0n) is 23.5. The zero-order chi connectivity index (χ0) is 28.2. The number of hydrogen-bond donors (Lipinski definition) is 2. The fraction of sp³-hybridized carbons (Fsp3) is 0.139. The molecule has 41 heavy (non-hydrogen) atoms. The fourth-order valence-corrected chi connectivity index (χ4v) is 5.51. The highest BCUT2D eigenvalue weighted by atomic mass is 15.2. The summed E-state index contributed by atoms with van der Waals surface area (Å²) in [4.78, 5) is 14.6. The molecular weight excluding hydrogens is 502 g/mol. The van der Waals surface area contributed by atoms with E-state index in [1.165, 1.54) is 22.3 Å². The summed E-state index contributed by atoms with van der Waals surface area (Å²) in [7, 11) is 0. The molecule has 0 spiro atoms. The summed E-state index contributed by atoms with van der Waals surface area (Å²) in [5.74, 6) is 1.98. The molecule has 2 bridgehead atoms. The van der Waals surface area contributed by atoms with Crippen molar-refractivity contribution in [1.82, 2.24) is 20.3 Å². The summed E-state index contributed by atoms with van der Waals surface area (Å²) in [6.45, 7) is 6.50. The van der Waals surface area contributed by atoms with Crippen LogP contribution in [0.4, 0.5) is 5.95 Å². The van der Waals surface area contributed by atoms with Crippen molar-refractivity contribution < 1.29 is 0 Å². The van der Waals surface area contributed by atoms with Gasteiger partial charge in [0.15, 0.2) is 11.6 Å². The van der Waals surface area contributed by atoms with Gasteiger partial charge in [-0.2, -0.15) is 9.97 Å². The molecule has 1 aromatic heterocycles. The summed E-state index contributed by atoms with van der Waals surface area (Å²) >= 11 is 0. The number of aromatic nitrogens is 3. The van der Waals surface area contributed by atoms with Gasteiger partial charge in [-0.1, -0.05) is 116 Å². The third kappa shape index (κ3) is 5.39. The number of dihydropyridines is 1. The van der Waals surface area contributed by atoms with Gasteiger partial charge in [0.2, 0.25) is 5.95 Å². The average molecular weight is 536 g/mol. The summed E-state index contributed by atoms with van der Waals surface area (Å²) in [5.41, 5.74) is 9.09. The molecular formula is C36H33N5. The first-order chi connectivity index (χ1) is 20.1. The molecule has 2 aliphatic rings. The van der Waals surface area contributed by atoms with Gasteiger partial charge in [-0.05, 0) is 42.7 Å². The summed E-state index contributed by atoms with van der Waals surface area (Å²) in [6.07, 6.45) is 12.8. The van der Waals surface area contributed by atoms with Crippen molar-refractivity contribution in [3.8, 4) is 22.8 Å². The van der Waals surface area contributed by atoms with Gasteiger partial charge in [-0.3, -0.25) is 0 Å². The standard InChI is InChI=1S/C36H33N5/c1-4-5-19-29(33-24(2)28-20-12-13-21-30(28)31-22-14-23-32(33)38-31)25(3)37-36-40-34(26-15-8-6-9-16-26)39-35(41-36)27-17-10-7-11-18-27/h4-25,38H,1-3H3,(H,37,39,40,41)/b5-4-,29-19+. The van der Waals surface area contributed by atoms with Crippen LogP contribution in [0.15, 0.2) is 138 Å². The van der Waals surface area contributed by atoms with Gasteiger partial charge in [-0.15, -0.1) is 0 Å². The molecule has 2 N–H and O–H groups in total. The molecule has 2 atom stereocenters. The van der Waals surface area contributed by atoms with E-state index < -0.39 is 0 Å². The quantitative estimate of drug-likeness (QED) is 0.234. The van der Waals surface area contributed by atoms with E-state index in [2.05, 4.69) is 85.2 Å².